The summed E-state index contributed by atoms with van der Waals surface area (Å²) in [5, 5.41) is 11.0. The average Bonchev–Trinajstić information content (AvgIpc) is 3.42. The molecule has 0 bridgehead atoms. The van der Waals surface area contributed by atoms with Gasteiger partial charge in [-0.25, -0.2) is 4.68 Å². The standard InChI is InChI=1S/C11H12N2O2.C9H9N3/c1-14-8-3-4-11(15-2)9(7-8)10-5-6-12-13-10;10-8-4-1-2-5-9(8)12-7-3-6-11-12/h3-7H,1-2H3,(H,12,13);1-7H,10H2. The fraction of sp³-hybridized carbons (Fsp3) is 0.100. The van der Waals surface area contributed by atoms with Crippen molar-refractivity contribution in [3.05, 3.63) is 73.2 Å². The van der Waals surface area contributed by atoms with E-state index in [2.05, 4.69) is 15.3 Å². The number of aromatic amines is 1. The Bertz CT molecular complexity index is 966. The Kier molecular flexibility index (Phi) is 5.73. The summed E-state index contributed by atoms with van der Waals surface area (Å²) in [5.41, 5.74) is 9.16. The third kappa shape index (κ3) is 4.27. The van der Waals surface area contributed by atoms with Crippen LogP contribution in [0.25, 0.3) is 16.9 Å². The third-order valence-electron chi connectivity index (χ3n) is 3.87. The maximum atomic E-state index is 5.75. The number of hydrogen-bond acceptors (Lipinski definition) is 5. The van der Waals surface area contributed by atoms with E-state index >= 15 is 0 Å². The SMILES string of the molecule is COc1ccc(OC)c(-c2cc[nH]n2)c1.Nc1ccccc1-n1cccn1. The molecule has 27 heavy (non-hydrogen) atoms. The fourth-order valence-electron chi connectivity index (χ4n) is 2.53. The van der Waals surface area contributed by atoms with Gasteiger partial charge in [-0.15, -0.1) is 0 Å². The number of ether oxygens (including phenoxy) is 2. The van der Waals surface area contributed by atoms with Crippen molar-refractivity contribution in [2.75, 3.05) is 20.0 Å². The van der Waals surface area contributed by atoms with Crippen LogP contribution in [-0.2, 0) is 0 Å². The van der Waals surface area contributed by atoms with Crippen LogP contribution in [0.3, 0.4) is 0 Å². The number of anilines is 1. The Morgan fingerprint density at radius 1 is 1.00 bits per heavy atom. The Morgan fingerprint density at radius 2 is 1.85 bits per heavy atom. The van der Waals surface area contributed by atoms with Crippen molar-refractivity contribution in [1.29, 1.82) is 0 Å². The number of para-hydroxylation sites is 2. The topological polar surface area (TPSA) is 91.0 Å². The Morgan fingerprint density at radius 3 is 2.48 bits per heavy atom. The molecule has 0 radical (unpaired) electrons. The average molecular weight is 363 g/mol. The zero-order chi connectivity index (χ0) is 19.1. The van der Waals surface area contributed by atoms with Gasteiger partial charge in [-0.3, -0.25) is 5.10 Å². The molecule has 4 aromatic rings. The molecular weight excluding hydrogens is 342 g/mol. The van der Waals surface area contributed by atoms with E-state index in [0.717, 1.165) is 34.1 Å². The molecule has 2 aromatic heterocycles. The van der Waals surface area contributed by atoms with E-state index in [-0.39, 0.29) is 0 Å². The van der Waals surface area contributed by atoms with Gasteiger partial charge in [-0.05, 0) is 42.5 Å². The van der Waals surface area contributed by atoms with E-state index in [4.69, 9.17) is 15.2 Å². The van der Waals surface area contributed by atoms with E-state index in [1.54, 1.807) is 31.3 Å². The monoisotopic (exact) mass is 363 g/mol. The summed E-state index contributed by atoms with van der Waals surface area (Å²) in [6.07, 6.45) is 5.37. The van der Waals surface area contributed by atoms with Crippen LogP contribution in [-0.4, -0.2) is 34.2 Å². The first-order valence-electron chi connectivity index (χ1n) is 8.29. The van der Waals surface area contributed by atoms with Gasteiger partial charge in [-0.1, -0.05) is 12.1 Å². The van der Waals surface area contributed by atoms with Crippen molar-refractivity contribution >= 4 is 5.69 Å². The van der Waals surface area contributed by atoms with Crippen molar-refractivity contribution in [1.82, 2.24) is 20.0 Å². The maximum absolute atomic E-state index is 5.75. The zero-order valence-electron chi connectivity index (χ0n) is 15.2. The van der Waals surface area contributed by atoms with E-state index in [0.29, 0.717) is 0 Å². The lowest BCUT2D eigenvalue weighted by Gasteiger charge is -2.08. The summed E-state index contributed by atoms with van der Waals surface area (Å²) in [7, 11) is 3.27. The molecule has 0 unspecified atom stereocenters. The lowest BCUT2D eigenvalue weighted by atomic mass is 10.1. The molecule has 2 heterocycles. The Labute approximate surface area is 157 Å². The van der Waals surface area contributed by atoms with Gasteiger partial charge >= 0.3 is 0 Å². The minimum Gasteiger partial charge on any atom is -0.497 e. The molecule has 0 fully saturated rings. The van der Waals surface area contributed by atoms with Crippen molar-refractivity contribution in [2.45, 2.75) is 0 Å². The van der Waals surface area contributed by atoms with Crippen LogP contribution in [0.5, 0.6) is 11.5 Å². The first kappa shape index (κ1) is 18.1. The van der Waals surface area contributed by atoms with Crippen LogP contribution in [0.1, 0.15) is 0 Å². The molecule has 0 saturated carbocycles. The first-order chi connectivity index (χ1) is 13.2. The van der Waals surface area contributed by atoms with Crippen molar-refractivity contribution in [3.63, 3.8) is 0 Å². The number of H-pyrrole nitrogens is 1. The summed E-state index contributed by atoms with van der Waals surface area (Å²) in [6, 6.07) is 17.0. The second kappa shape index (κ2) is 8.57. The van der Waals surface area contributed by atoms with Crippen LogP contribution in [0.15, 0.2) is 73.2 Å². The summed E-state index contributed by atoms with van der Waals surface area (Å²) in [6.45, 7) is 0. The van der Waals surface area contributed by atoms with Gasteiger partial charge in [0.1, 0.15) is 11.5 Å². The number of benzene rings is 2. The van der Waals surface area contributed by atoms with Crippen LogP contribution in [0.2, 0.25) is 0 Å². The van der Waals surface area contributed by atoms with Gasteiger partial charge in [0.2, 0.25) is 0 Å². The zero-order valence-corrected chi connectivity index (χ0v) is 15.2. The summed E-state index contributed by atoms with van der Waals surface area (Å²) in [5.74, 6) is 1.57. The van der Waals surface area contributed by atoms with Crippen molar-refractivity contribution < 1.29 is 9.47 Å². The lowest BCUT2D eigenvalue weighted by Crippen LogP contribution is -1.98. The molecular formula is C20H21N5O2. The predicted molar refractivity (Wildman–Crippen MR) is 105 cm³/mol. The molecule has 0 spiro atoms. The van der Waals surface area contributed by atoms with Gasteiger partial charge in [-0.2, -0.15) is 10.2 Å². The smallest absolute Gasteiger partial charge is 0.128 e. The molecule has 7 nitrogen and oxygen atoms in total. The quantitative estimate of drug-likeness (QED) is 0.541. The highest BCUT2D eigenvalue weighted by Crippen LogP contribution is 2.31. The minimum absolute atomic E-state index is 0.737. The number of nitrogens with one attached hydrogen (secondary N) is 1. The highest BCUT2D eigenvalue weighted by atomic mass is 16.5. The van der Waals surface area contributed by atoms with Crippen LogP contribution >= 0.6 is 0 Å². The van der Waals surface area contributed by atoms with Gasteiger partial charge in [0, 0.05) is 24.2 Å². The highest BCUT2D eigenvalue weighted by Gasteiger charge is 2.08. The molecule has 3 N–H and O–H groups in total. The predicted octanol–water partition coefficient (Wildman–Crippen LogP) is 3.55. The minimum atomic E-state index is 0.737. The summed E-state index contributed by atoms with van der Waals surface area (Å²) < 4.78 is 12.2. The number of nitrogens with zero attached hydrogens (tertiary/aromatic N) is 3. The molecule has 2 aromatic carbocycles. The number of hydrogen-bond donors (Lipinski definition) is 2. The van der Waals surface area contributed by atoms with E-state index in [1.165, 1.54) is 0 Å². The molecule has 0 aliphatic heterocycles. The largest absolute Gasteiger partial charge is 0.497 e. The van der Waals surface area contributed by atoms with Crippen LogP contribution in [0.4, 0.5) is 5.69 Å². The number of rotatable bonds is 4. The van der Waals surface area contributed by atoms with Gasteiger partial charge < -0.3 is 15.2 Å². The van der Waals surface area contributed by atoms with E-state index < -0.39 is 0 Å². The third-order valence-corrected chi connectivity index (χ3v) is 3.87. The van der Waals surface area contributed by atoms with Crippen LogP contribution in [0, 0.1) is 0 Å². The molecule has 4 rings (SSSR count). The number of nitrogen functional groups attached to an aromatic ring is 1. The van der Waals surface area contributed by atoms with Crippen molar-refractivity contribution in [3.8, 4) is 28.4 Å². The Hall–Kier alpha value is -3.74. The van der Waals surface area contributed by atoms with Gasteiger partial charge in [0.15, 0.2) is 0 Å². The van der Waals surface area contributed by atoms with Crippen molar-refractivity contribution in [2.24, 2.45) is 0 Å². The lowest BCUT2D eigenvalue weighted by molar-refractivity contribution is 0.404. The number of nitrogens with two attached hydrogens (primary N) is 1. The second-order valence-electron chi connectivity index (χ2n) is 5.54. The molecule has 0 amide bonds. The summed E-state index contributed by atoms with van der Waals surface area (Å²) in [4.78, 5) is 0. The summed E-state index contributed by atoms with van der Waals surface area (Å²) >= 11 is 0. The molecule has 138 valence electrons. The number of aromatic nitrogens is 4. The maximum Gasteiger partial charge on any atom is 0.128 e. The highest BCUT2D eigenvalue weighted by molar-refractivity contribution is 5.68. The van der Waals surface area contributed by atoms with E-state index in [9.17, 15) is 0 Å². The van der Waals surface area contributed by atoms with Gasteiger partial charge in [0.05, 0.1) is 31.3 Å². The Balaban J connectivity index is 0.000000159. The molecule has 0 aliphatic rings. The molecule has 7 heteroatoms. The normalized spacial score (nSPS) is 10.0. The molecule has 0 saturated heterocycles. The van der Waals surface area contributed by atoms with Gasteiger partial charge in [0.25, 0.3) is 0 Å². The number of methoxy groups -OCH3 is 2. The molecule has 0 atom stereocenters. The fourth-order valence-corrected chi connectivity index (χ4v) is 2.53. The second-order valence-corrected chi connectivity index (χ2v) is 5.54. The van der Waals surface area contributed by atoms with E-state index in [1.807, 2.05) is 60.8 Å². The molecule has 0 aliphatic carbocycles. The van der Waals surface area contributed by atoms with Crippen LogP contribution < -0.4 is 15.2 Å². The first-order valence-corrected chi connectivity index (χ1v) is 8.29.